The Balaban J connectivity index is 1.90. The second-order valence-electron chi connectivity index (χ2n) is 6.43. The van der Waals surface area contributed by atoms with Gasteiger partial charge in [-0.15, -0.1) is 0 Å². The van der Waals surface area contributed by atoms with Crippen LogP contribution >= 0.6 is 15.9 Å². The summed E-state index contributed by atoms with van der Waals surface area (Å²) in [5.74, 6) is -0.140. The number of ketones is 1. The molecule has 0 fully saturated rings. The van der Waals surface area contributed by atoms with Crippen LogP contribution in [0.25, 0.3) is 0 Å². The maximum atomic E-state index is 12.4. The number of carbonyl (C=O) groups is 2. The van der Waals surface area contributed by atoms with Crippen molar-refractivity contribution >= 4 is 27.6 Å². The summed E-state index contributed by atoms with van der Waals surface area (Å²) < 4.78 is 1.04. The second kappa shape index (κ2) is 10.2. The first kappa shape index (κ1) is 20.3. The maximum absolute atomic E-state index is 12.4. The number of Topliss-reactive ketones (excluding diaryl/α,β-unsaturated/α-hetero) is 1. The highest BCUT2D eigenvalue weighted by Gasteiger charge is 2.20. The van der Waals surface area contributed by atoms with E-state index in [1.165, 1.54) is 12.5 Å². The maximum Gasteiger partial charge on any atom is 0.275 e. The smallest absolute Gasteiger partial charge is 0.275 e. The molecule has 0 aliphatic heterocycles. The van der Waals surface area contributed by atoms with Crippen LogP contribution in [-0.4, -0.2) is 24.3 Å². The van der Waals surface area contributed by atoms with Crippen molar-refractivity contribution < 1.29 is 14.9 Å². The summed E-state index contributed by atoms with van der Waals surface area (Å²) in [5, 5.41) is 4.90. The minimum atomic E-state index is -0.481. The number of rotatable bonds is 9. The van der Waals surface area contributed by atoms with Gasteiger partial charge in [-0.2, -0.15) is 0 Å². The minimum Gasteiger partial charge on any atom is -0.341 e. The van der Waals surface area contributed by atoms with Crippen molar-refractivity contribution in [2.24, 2.45) is 0 Å². The van der Waals surface area contributed by atoms with Crippen LogP contribution in [0.3, 0.4) is 0 Å². The van der Waals surface area contributed by atoms with E-state index in [2.05, 4.69) is 40.3 Å². The van der Waals surface area contributed by atoms with E-state index in [-0.39, 0.29) is 17.7 Å². The first-order chi connectivity index (χ1) is 12.5. The van der Waals surface area contributed by atoms with Gasteiger partial charge < -0.3 is 10.6 Å². The number of benzene rings is 2. The van der Waals surface area contributed by atoms with Crippen molar-refractivity contribution in [3.63, 3.8) is 0 Å². The van der Waals surface area contributed by atoms with Crippen molar-refractivity contribution in [2.45, 2.75) is 38.8 Å². The lowest BCUT2D eigenvalue weighted by Crippen LogP contribution is -2.87. The highest BCUT2D eigenvalue weighted by Crippen LogP contribution is 2.16. The average molecular weight is 418 g/mol. The van der Waals surface area contributed by atoms with Gasteiger partial charge in [0, 0.05) is 16.5 Å². The van der Waals surface area contributed by atoms with Crippen LogP contribution in [0, 0.1) is 0 Å². The first-order valence-corrected chi connectivity index (χ1v) is 9.71. The van der Waals surface area contributed by atoms with Crippen molar-refractivity contribution in [3.05, 3.63) is 70.2 Å². The Labute approximate surface area is 163 Å². The molecule has 0 saturated carbocycles. The van der Waals surface area contributed by atoms with E-state index in [9.17, 15) is 9.59 Å². The zero-order chi connectivity index (χ0) is 18.9. The standard InChI is InChI=1S/C21H25BrN2O2/c1-3-19(17-9-11-18(22)12-10-17)23-14-21(26)24-20(15(2)25)13-16-7-5-4-6-8-16/h4-12,19-20,23H,3,13-14H2,1-2H3,(H,24,26)/p+1/t19-,20+/m0/s1. The van der Waals surface area contributed by atoms with Crippen molar-refractivity contribution in [3.8, 4) is 0 Å². The third-order valence-corrected chi connectivity index (χ3v) is 4.96. The molecule has 0 radical (unpaired) electrons. The number of quaternary nitrogens is 1. The van der Waals surface area contributed by atoms with Crippen LogP contribution in [0.5, 0.6) is 0 Å². The molecule has 2 aromatic rings. The van der Waals surface area contributed by atoms with E-state index in [1.807, 2.05) is 47.8 Å². The lowest BCUT2D eigenvalue weighted by atomic mass is 10.0. The predicted octanol–water partition coefficient (Wildman–Crippen LogP) is 2.78. The summed E-state index contributed by atoms with van der Waals surface area (Å²) in [7, 11) is 0. The molecule has 2 atom stereocenters. The van der Waals surface area contributed by atoms with Gasteiger partial charge >= 0.3 is 0 Å². The third-order valence-electron chi connectivity index (χ3n) is 4.43. The molecule has 5 heteroatoms. The highest BCUT2D eigenvalue weighted by atomic mass is 79.9. The average Bonchev–Trinajstić information content (AvgIpc) is 2.64. The summed E-state index contributed by atoms with van der Waals surface area (Å²) >= 11 is 3.44. The summed E-state index contributed by atoms with van der Waals surface area (Å²) in [6, 6.07) is 17.6. The van der Waals surface area contributed by atoms with Crippen molar-refractivity contribution in [2.75, 3.05) is 6.54 Å². The van der Waals surface area contributed by atoms with E-state index in [0.29, 0.717) is 13.0 Å². The molecule has 2 aromatic carbocycles. The van der Waals surface area contributed by atoms with E-state index < -0.39 is 6.04 Å². The number of nitrogens with two attached hydrogens (primary N) is 1. The Hall–Kier alpha value is -1.98. The zero-order valence-corrected chi connectivity index (χ0v) is 16.8. The molecular weight excluding hydrogens is 392 g/mol. The van der Waals surface area contributed by atoms with E-state index in [1.54, 1.807) is 0 Å². The van der Waals surface area contributed by atoms with E-state index in [0.717, 1.165) is 16.5 Å². The molecule has 4 nitrogen and oxygen atoms in total. The van der Waals surface area contributed by atoms with Gasteiger partial charge in [0.15, 0.2) is 12.3 Å². The fourth-order valence-electron chi connectivity index (χ4n) is 2.90. The van der Waals surface area contributed by atoms with Gasteiger partial charge in [0.2, 0.25) is 0 Å². The summed E-state index contributed by atoms with van der Waals surface area (Å²) in [6.45, 7) is 3.93. The summed E-state index contributed by atoms with van der Waals surface area (Å²) in [4.78, 5) is 24.3. The quantitative estimate of drug-likeness (QED) is 0.658. The Kier molecular flexibility index (Phi) is 8.01. The number of nitrogens with one attached hydrogen (secondary N) is 1. The molecule has 0 aliphatic rings. The topological polar surface area (TPSA) is 62.8 Å². The molecule has 3 N–H and O–H groups in total. The molecule has 0 heterocycles. The summed E-state index contributed by atoms with van der Waals surface area (Å²) in [5.41, 5.74) is 2.23. The number of halogens is 1. The fourth-order valence-corrected chi connectivity index (χ4v) is 3.16. The van der Waals surface area contributed by atoms with Crippen LogP contribution in [0.4, 0.5) is 0 Å². The second-order valence-corrected chi connectivity index (χ2v) is 7.34. The largest absolute Gasteiger partial charge is 0.341 e. The molecule has 138 valence electrons. The van der Waals surface area contributed by atoms with Crippen LogP contribution in [0.1, 0.15) is 37.4 Å². The van der Waals surface area contributed by atoms with Crippen LogP contribution in [0.2, 0.25) is 0 Å². The molecule has 0 spiro atoms. The number of carbonyl (C=O) groups excluding carboxylic acids is 2. The SMILES string of the molecule is CC[C@H]([NH2+]CC(=O)N[C@H](Cc1ccccc1)C(C)=O)c1ccc(Br)cc1. The molecule has 0 aliphatic carbocycles. The van der Waals surface area contributed by atoms with Gasteiger partial charge in [-0.25, -0.2) is 0 Å². The molecule has 0 aromatic heterocycles. The fraction of sp³-hybridized carbons (Fsp3) is 0.333. The third kappa shape index (κ3) is 6.39. The Morgan fingerprint density at radius 1 is 1.08 bits per heavy atom. The van der Waals surface area contributed by atoms with E-state index >= 15 is 0 Å². The number of amides is 1. The van der Waals surface area contributed by atoms with Crippen LogP contribution in [-0.2, 0) is 16.0 Å². The van der Waals surface area contributed by atoms with Gasteiger partial charge in [0.05, 0.1) is 6.04 Å². The first-order valence-electron chi connectivity index (χ1n) is 8.92. The molecule has 26 heavy (non-hydrogen) atoms. The molecule has 0 saturated heterocycles. The molecule has 2 rings (SSSR count). The minimum absolute atomic E-state index is 0.0258. The molecular formula is C21H26BrN2O2+. The van der Waals surface area contributed by atoms with Crippen LogP contribution < -0.4 is 10.6 Å². The van der Waals surface area contributed by atoms with Gasteiger partial charge in [-0.05, 0) is 31.0 Å². The van der Waals surface area contributed by atoms with Crippen molar-refractivity contribution in [1.29, 1.82) is 0 Å². The lowest BCUT2D eigenvalue weighted by Gasteiger charge is -2.18. The van der Waals surface area contributed by atoms with Gasteiger partial charge in [0.25, 0.3) is 5.91 Å². The Morgan fingerprint density at radius 2 is 1.73 bits per heavy atom. The number of hydrogen-bond acceptors (Lipinski definition) is 2. The summed E-state index contributed by atoms with van der Waals surface area (Å²) in [6.07, 6.45) is 1.45. The van der Waals surface area contributed by atoms with Gasteiger partial charge in [-0.3, -0.25) is 9.59 Å². The van der Waals surface area contributed by atoms with Crippen molar-refractivity contribution in [1.82, 2.24) is 5.32 Å². The monoisotopic (exact) mass is 417 g/mol. The molecule has 0 unspecified atom stereocenters. The Morgan fingerprint density at radius 3 is 2.31 bits per heavy atom. The molecule has 0 bridgehead atoms. The molecule has 1 amide bonds. The lowest BCUT2D eigenvalue weighted by molar-refractivity contribution is -0.686. The van der Waals surface area contributed by atoms with Gasteiger partial charge in [0.1, 0.15) is 6.04 Å². The highest BCUT2D eigenvalue weighted by molar-refractivity contribution is 9.10. The van der Waals surface area contributed by atoms with E-state index in [4.69, 9.17) is 0 Å². The zero-order valence-electron chi connectivity index (χ0n) is 15.2. The normalized spacial score (nSPS) is 13.0. The van der Waals surface area contributed by atoms with Crippen LogP contribution in [0.15, 0.2) is 59.1 Å². The number of hydrogen-bond donors (Lipinski definition) is 2. The van der Waals surface area contributed by atoms with Gasteiger partial charge in [-0.1, -0.05) is 65.3 Å². The predicted molar refractivity (Wildman–Crippen MR) is 107 cm³/mol. The Bertz CT molecular complexity index is 717.